The lowest BCUT2D eigenvalue weighted by molar-refractivity contribution is -0.384. The number of hydrogen-bond acceptors (Lipinski definition) is 3. The van der Waals surface area contributed by atoms with E-state index in [0.29, 0.717) is 11.6 Å². The molecule has 0 bridgehead atoms. The van der Waals surface area contributed by atoms with Crippen molar-refractivity contribution in [3.05, 3.63) is 69.2 Å². The van der Waals surface area contributed by atoms with Crippen LogP contribution < -0.4 is 4.90 Å². The van der Waals surface area contributed by atoms with E-state index in [1.54, 1.807) is 12.1 Å². The van der Waals surface area contributed by atoms with Crippen LogP contribution in [-0.4, -0.2) is 12.0 Å². The maximum absolute atomic E-state index is 10.6. The van der Waals surface area contributed by atoms with Gasteiger partial charge in [0.05, 0.1) is 4.92 Å². The van der Waals surface area contributed by atoms with Gasteiger partial charge in [-0.2, -0.15) is 0 Å². The molecule has 0 aromatic heterocycles. The second-order valence-corrected chi connectivity index (χ2v) is 4.69. The largest absolute Gasteiger partial charge is 0.370 e. The summed E-state index contributed by atoms with van der Waals surface area (Å²) in [5.74, 6) is 0. The highest BCUT2D eigenvalue weighted by Gasteiger charge is 2.06. The maximum Gasteiger partial charge on any atom is 0.269 e. The third-order valence-corrected chi connectivity index (χ3v) is 3.09. The molecule has 0 radical (unpaired) electrons. The minimum absolute atomic E-state index is 0.109. The molecule has 0 saturated heterocycles. The molecule has 0 amide bonds. The highest BCUT2D eigenvalue weighted by Crippen LogP contribution is 2.19. The molecule has 98 valence electrons. The summed E-state index contributed by atoms with van der Waals surface area (Å²) < 4.78 is 0. The topological polar surface area (TPSA) is 46.4 Å². The van der Waals surface area contributed by atoms with Crippen LogP contribution in [0.25, 0.3) is 0 Å². The molecule has 0 aliphatic carbocycles. The Hall–Kier alpha value is -2.07. The van der Waals surface area contributed by atoms with Crippen molar-refractivity contribution in [3.63, 3.8) is 0 Å². The summed E-state index contributed by atoms with van der Waals surface area (Å²) >= 11 is 5.84. The first-order valence-corrected chi connectivity index (χ1v) is 6.14. The van der Waals surface area contributed by atoms with Crippen molar-refractivity contribution in [2.75, 3.05) is 11.9 Å². The SMILES string of the molecule is CN(Cc1ccc([N+](=O)[O-])cc1)c1ccc(Cl)cc1. The van der Waals surface area contributed by atoms with Crippen LogP contribution in [0.2, 0.25) is 5.02 Å². The summed E-state index contributed by atoms with van der Waals surface area (Å²) in [6.45, 7) is 0.680. The molecule has 0 heterocycles. The summed E-state index contributed by atoms with van der Waals surface area (Å²) in [7, 11) is 1.96. The molecule has 0 aliphatic heterocycles. The van der Waals surface area contributed by atoms with E-state index in [2.05, 4.69) is 4.90 Å². The normalized spacial score (nSPS) is 10.2. The molecule has 0 unspecified atom stereocenters. The number of rotatable bonds is 4. The first-order valence-electron chi connectivity index (χ1n) is 5.76. The molecule has 0 atom stereocenters. The Morgan fingerprint density at radius 3 is 2.21 bits per heavy atom. The molecule has 0 spiro atoms. The van der Waals surface area contributed by atoms with Gasteiger partial charge in [-0.15, -0.1) is 0 Å². The third kappa shape index (κ3) is 3.45. The highest BCUT2D eigenvalue weighted by atomic mass is 35.5. The standard InChI is InChI=1S/C14H13ClN2O2/c1-16(13-8-4-12(15)5-9-13)10-11-2-6-14(7-3-11)17(18)19/h2-9H,10H2,1H3. The molecule has 19 heavy (non-hydrogen) atoms. The minimum atomic E-state index is -0.396. The van der Waals surface area contributed by atoms with Gasteiger partial charge in [0.15, 0.2) is 0 Å². The predicted octanol–water partition coefficient (Wildman–Crippen LogP) is 3.88. The number of nitrogens with zero attached hydrogens (tertiary/aromatic N) is 2. The molecule has 2 aromatic carbocycles. The Labute approximate surface area is 116 Å². The van der Waals surface area contributed by atoms with E-state index in [4.69, 9.17) is 11.6 Å². The van der Waals surface area contributed by atoms with E-state index in [-0.39, 0.29) is 5.69 Å². The fraction of sp³-hybridized carbons (Fsp3) is 0.143. The van der Waals surface area contributed by atoms with Gasteiger partial charge >= 0.3 is 0 Å². The molecule has 2 aromatic rings. The van der Waals surface area contributed by atoms with Crippen molar-refractivity contribution in [3.8, 4) is 0 Å². The summed E-state index contributed by atoms with van der Waals surface area (Å²) in [6, 6.07) is 14.1. The number of non-ortho nitro benzene ring substituents is 1. The van der Waals surface area contributed by atoms with Gasteiger partial charge < -0.3 is 4.90 Å². The van der Waals surface area contributed by atoms with Gasteiger partial charge in [-0.25, -0.2) is 0 Å². The smallest absolute Gasteiger partial charge is 0.269 e. The van der Waals surface area contributed by atoms with Crippen molar-refractivity contribution < 1.29 is 4.92 Å². The Kier molecular flexibility index (Phi) is 4.02. The average Bonchev–Trinajstić information content (AvgIpc) is 2.40. The number of benzene rings is 2. The summed E-state index contributed by atoms with van der Waals surface area (Å²) in [5, 5.41) is 11.3. The molecule has 0 fully saturated rings. The zero-order chi connectivity index (χ0) is 13.8. The molecule has 0 saturated carbocycles. The van der Waals surface area contributed by atoms with Crippen molar-refractivity contribution >= 4 is 23.0 Å². The van der Waals surface area contributed by atoms with E-state index < -0.39 is 4.92 Å². The zero-order valence-corrected chi connectivity index (χ0v) is 11.2. The molecule has 0 N–H and O–H groups in total. The Morgan fingerprint density at radius 1 is 1.11 bits per heavy atom. The van der Waals surface area contributed by atoms with Gasteiger partial charge in [0, 0.05) is 36.4 Å². The van der Waals surface area contributed by atoms with Crippen LogP contribution in [0.4, 0.5) is 11.4 Å². The number of hydrogen-bond donors (Lipinski definition) is 0. The van der Waals surface area contributed by atoms with Crippen molar-refractivity contribution in [1.29, 1.82) is 0 Å². The van der Waals surface area contributed by atoms with Crippen LogP contribution in [-0.2, 0) is 6.54 Å². The second-order valence-electron chi connectivity index (χ2n) is 4.26. The van der Waals surface area contributed by atoms with Crippen molar-refractivity contribution in [2.24, 2.45) is 0 Å². The van der Waals surface area contributed by atoms with Crippen LogP contribution in [0, 0.1) is 10.1 Å². The molecular formula is C14H13ClN2O2. The van der Waals surface area contributed by atoms with Crippen molar-refractivity contribution in [2.45, 2.75) is 6.54 Å². The summed E-state index contributed by atoms with van der Waals surface area (Å²) in [5.41, 5.74) is 2.17. The molecule has 4 nitrogen and oxygen atoms in total. The van der Waals surface area contributed by atoms with E-state index in [0.717, 1.165) is 11.3 Å². The second kappa shape index (κ2) is 5.71. The Balaban J connectivity index is 2.08. The predicted molar refractivity (Wildman–Crippen MR) is 76.7 cm³/mol. The lowest BCUT2D eigenvalue weighted by Gasteiger charge is -2.19. The van der Waals surface area contributed by atoms with Gasteiger partial charge in [-0.1, -0.05) is 23.7 Å². The van der Waals surface area contributed by atoms with Crippen LogP contribution in [0.3, 0.4) is 0 Å². The van der Waals surface area contributed by atoms with Gasteiger partial charge in [0.2, 0.25) is 0 Å². The molecular weight excluding hydrogens is 264 g/mol. The Morgan fingerprint density at radius 2 is 1.68 bits per heavy atom. The third-order valence-electron chi connectivity index (χ3n) is 2.83. The number of halogens is 1. The lowest BCUT2D eigenvalue weighted by atomic mass is 10.2. The maximum atomic E-state index is 10.6. The minimum Gasteiger partial charge on any atom is -0.370 e. The fourth-order valence-corrected chi connectivity index (χ4v) is 1.91. The molecule has 0 aliphatic rings. The van der Waals surface area contributed by atoms with E-state index >= 15 is 0 Å². The summed E-state index contributed by atoms with van der Waals surface area (Å²) in [6.07, 6.45) is 0. The monoisotopic (exact) mass is 276 g/mol. The van der Waals surface area contributed by atoms with Gasteiger partial charge in [0.25, 0.3) is 5.69 Å². The van der Waals surface area contributed by atoms with Crippen molar-refractivity contribution in [1.82, 2.24) is 0 Å². The van der Waals surface area contributed by atoms with Crippen LogP contribution in [0.1, 0.15) is 5.56 Å². The lowest BCUT2D eigenvalue weighted by Crippen LogP contribution is -2.16. The number of nitro groups is 1. The van der Waals surface area contributed by atoms with Crippen LogP contribution >= 0.6 is 11.6 Å². The first kappa shape index (κ1) is 13.4. The quantitative estimate of drug-likeness (QED) is 0.629. The average molecular weight is 277 g/mol. The van der Waals surface area contributed by atoms with Crippen LogP contribution in [0.5, 0.6) is 0 Å². The zero-order valence-electron chi connectivity index (χ0n) is 10.4. The van der Waals surface area contributed by atoms with Gasteiger partial charge in [-0.3, -0.25) is 10.1 Å². The fourth-order valence-electron chi connectivity index (χ4n) is 1.78. The Bertz CT molecular complexity index is 567. The van der Waals surface area contributed by atoms with E-state index in [1.807, 2.05) is 31.3 Å². The summed E-state index contributed by atoms with van der Waals surface area (Å²) in [4.78, 5) is 12.2. The van der Waals surface area contributed by atoms with E-state index in [9.17, 15) is 10.1 Å². The first-order chi connectivity index (χ1) is 9.06. The molecule has 2 rings (SSSR count). The van der Waals surface area contributed by atoms with Crippen LogP contribution in [0.15, 0.2) is 48.5 Å². The molecule has 5 heteroatoms. The van der Waals surface area contributed by atoms with Gasteiger partial charge in [-0.05, 0) is 29.8 Å². The van der Waals surface area contributed by atoms with E-state index in [1.165, 1.54) is 12.1 Å². The number of nitro benzene ring substituents is 1. The van der Waals surface area contributed by atoms with Gasteiger partial charge in [0.1, 0.15) is 0 Å². The number of anilines is 1. The highest BCUT2D eigenvalue weighted by molar-refractivity contribution is 6.30.